The first-order chi connectivity index (χ1) is 7.70. The SMILES string of the molecule is CCc1cc(NC(=O)c2ccoc2C)n[nH]1. The number of aromatic nitrogens is 2. The molecule has 0 unspecified atom stereocenters. The molecule has 0 spiro atoms. The number of amides is 1. The summed E-state index contributed by atoms with van der Waals surface area (Å²) in [7, 11) is 0. The molecule has 0 radical (unpaired) electrons. The summed E-state index contributed by atoms with van der Waals surface area (Å²) in [5.41, 5.74) is 1.51. The molecular formula is C11H13N3O2. The van der Waals surface area contributed by atoms with Gasteiger partial charge in [0.2, 0.25) is 0 Å². The van der Waals surface area contributed by atoms with E-state index < -0.39 is 0 Å². The van der Waals surface area contributed by atoms with Crippen molar-refractivity contribution < 1.29 is 9.21 Å². The average molecular weight is 219 g/mol. The fourth-order valence-electron chi connectivity index (χ4n) is 1.41. The molecule has 0 saturated carbocycles. The Kier molecular flexibility index (Phi) is 2.76. The summed E-state index contributed by atoms with van der Waals surface area (Å²) in [6.45, 7) is 3.76. The Morgan fingerprint density at radius 2 is 2.44 bits per heavy atom. The number of anilines is 1. The molecular weight excluding hydrogens is 206 g/mol. The first-order valence-electron chi connectivity index (χ1n) is 5.10. The molecule has 0 bridgehead atoms. The van der Waals surface area contributed by atoms with Crippen molar-refractivity contribution in [3.8, 4) is 0 Å². The summed E-state index contributed by atoms with van der Waals surface area (Å²) >= 11 is 0. The lowest BCUT2D eigenvalue weighted by Crippen LogP contribution is -2.12. The summed E-state index contributed by atoms with van der Waals surface area (Å²) in [4.78, 5) is 11.8. The van der Waals surface area contributed by atoms with Crippen molar-refractivity contribution in [1.82, 2.24) is 10.2 Å². The standard InChI is InChI=1S/C11H13N3O2/c1-3-8-6-10(14-13-8)12-11(15)9-4-5-16-7(9)2/h4-6H,3H2,1-2H3,(H2,12,13,14,15). The monoisotopic (exact) mass is 219 g/mol. The molecule has 1 amide bonds. The van der Waals surface area contributed by atoms with E-state index in [0.29, 0.717) is 17.1 Å². The van der Waals surface area contributed by atoms with E-state index in [1.54, 1.807) is 13.0 Å². The molecule has 5 heteroatoms. The Bertz CT molecular complexity index is 499. The maximum atomic E-state index is 11.8. The Balaban J connectivity index is 2.11. The fraction of sp³-hybridized carbons (Fsp3) is 0.273. The molecule has 5 nitrogen and oxygen atoms in total. The average Bonchev–Trinajstić information content (AvgIpc) is 2.86. The van der Waals surface area contributed by atoms with Crippen LogP contribution in [0.5, 0.6) is 0 Å². The van der Waals surface area contributed by atoms with E-state index in [-0.39, 0.29) is 5.91 Å². The minimum atomic E-state index is -0.208. The molecule has 16 heavy (non-hydrogen) atoms. The maximum Gasteiger partial charge on any atom is 0.260 e. The number of H-pyrrole nitrogens is 1. The van der Waals surface area contributed by atoms with Gasteiger partial charge in [-0.3, -0.25) is 9.89 Å². The number of nitrogens with zero attached hydrogens (tertiary/aromatic N) is 1. The quantitative estimate of drug-likeness (QED) is 0.830. The minimum Gasteiger partial charge on any atom is -0.469 e. The van der Waals surface area contributed by atoms with E-state index in [0.717, 1.165) is 12.1 Å². The number of rotatable bonds is 3. The highest BCUT2D eigenvalue weighted by Gasteiger charge is 2.12. The molecule has 2 heterocycles. The zero-order chi connectivity index (χ0) is 11.5. The second-order valence-electron chi connectivity index (χ2n) is 3.48. The highest BCUT2D eigenvalue weighted by molar-refractivity contribution is 6.04. The van der Waals surface area contributed by atoms with Gasteiger partial charge in [0.1, 0.15) is 5.76 Å². The highest BCUT2D eigenvalue weighted by atomic mass is 16.3. The van der Waals surface area contributed by atoms with Gasteiger partial charge in [0, 0.05) is 11.8 Å². The first kappa shape index (κ1) is 10.5. The number of hydrogen-bond acceptors (Lipinski definition) is 3. The Morgan fingerprint density at radius 3 is 3.00 bits per heavy atom. The number of hydrogen-bond donors (Lipinski definition) is 2. The van der Waals surface area contributed by atoms with Crippen LogP contribution in [0.15, 0.2) is 22.8 Å². The molecule has 0 atom stereocenters. The van der Waals surface area contributed by atoms with Crippen LogP contribution in [0.1, 0.15) is 28.7 Å². The molecule has 2 aromatic rings. The van der Waals surface area contributed by atoms with Gasteiger partial charge in [-0.05, 0) is 19.4 Å². The van der Waals surface area contributed by atoms with Gasteiger partial charge in [-0.2, -0.15) is 5.10 Å². The maximum absolute atomic E-state index is 11.8. The molecule has 2 N–H and O–H groups in total. The van der Waals surface area contributed by atoms with Gasteiger partial charge >= 0.3 is 0 Å². The Morgan fingerprint density at radius 1 is 1.62 bits per heavy atom. The van der Waals surface area contributed by atoms with Gasteiger partial charge in [-0.25, -0.2) is 0 Å². The van der Waals surface area contributed by atoms with E-state index in [4.69, 9.17) is 4.42 Å². The van der Waals surface area contributed by atoms with Crippen LogP contribution in [0, 0.1) is 6.92 Å². The summed E-state index contributed by atoms with van der Waals surface area (Å²) in [6.07, 6.45) is 2.35. The molecule has 0 fully saturated rings. The second kappa shape index (κ2) is 4.22. The van der Waals surface area contributed by atoms with Crippen LogP contribution in [-0.2, 0) is 6.42 Å². The second-order valence-corrected chi connectivity index (χ2v) is 3.48. The van der Waals surface area contributed by atoms with Crippen LogP contribution in [0.2, 0.25) is 0 Å². The number of aromatic amines is 1. The summed E-state index contributed by atoms with van der Waals surface area (Å²) < 4.78 is 5.06. The summed E-state index contributed by atoms with van der Waals surface area (Å²) in [5.74, 6) is 0.923. The van der Waals surface area contributed by atoms with Crippen LogP contribution in [0.4, 0.5) is 5.82 Å². The van der Waals surface area contributed by atoms with Crippen molar-refractivity contribution in [2.75, 3.05) is 5.32 Å². The predicted octanol–water partition coefficient (Wildman–Crippen LogP) is 2.13. The third kappa shape index (κ3) is 1.98. The number of furan rings is 1. The van der Waals surface area contributed by atoms with Crippen LogP contribution >= 0.6 is 0 Å². The van der Waals surface area contributed by atoms with Crippen molar-refractivity contribution in [2.24, 2.45) is 0 Å². The largest absolute Gasteiger partial charge is 0.469 e. The van der Waals surface area contributed by atoms with Gasteiger partial charge in [0.05, 0.1) is 11.8 Å². The van der Waals surface area contributed by atoms with Crippen molar-refractivity contribution in [3.63, 3.8) is 0 Å². The lowest BCUT2D eigenvalue weighted by Gasteiger charge is -1.98. The number of nitrogens with one attached hydrogen (secondary N) is 2. The molecule has 2 rings (SSSR count). The van der Waals surface area contributed by atoms with Gasteiger partial charge in [-0.15, -0.1) is 0 Å². The third-order valence-corrected chi connectivity index (χ3v) is 2.36. The topological polar surface area (TPSA) is 70.9 Å². The van der Waals surface area contributed by atoms with Crippen LogP contribution in [0.25, 0.3) is 0 Å². The smallest absolute Gasteiger partial charge is 0.260 e. The normalized spacial score (nSPS) is 10.4. The molecule has 0 saturated heterocycles. The highest BCUT2D eigenvalue weighted by Crippen LogP contribution is 2.12. The van der Waals surface area contributed by atoms with Gasteiger partial charge in [0.25, 0.3) is 5.91 Å². The van der Waals surface area contributed by atoms with Crippen LogP contribution < -0.4 is 5.32 Å². The fourth-order valence-corrected chi connectivity index (χ4v) is 1.41. The van der Waals surface area contributed by atoms with Crippen molar-refractivity contribution in [2.45, 2.75) is 20.3 Å². The molecule has 0 aliphatic heterocycles. The number of carbonyl (C=O) groups is 1. The Hall–Kier alpha value is -2.04. The Labute approximate surface area is 92.9 Å². The lowest BCUT2D eigenvalue weighted by molar-refractivity contribution is 0.102. The van der Waals surface area contributed by atoms with E-state index in [2.05, 4.69) is 15.5 Å². The van der Waals surface area contributed by atoms with Gasteiger partial charge in [-0.1, -0.05) is 6.92 Å². The van der Waals surface area contributed by atoms with Crippen molar-refractivity contribution in [1.29, 1.82) is 0 Å². The lowest BCUT2D eigenvalue weighted by atomic mass is 10.2. The molecule has 2 aromatic heterocycles. The zero-order valence-corrected chi connectivity index (χ0v) is 9.20. The van der Waals surface area contributed by atoms with E-state index in [1.807, 2.05) is 13.0 Å². The number of carbonyl (C=O) groups excluding carboxylic acids is 1. The van der Waals surface area contributed by atoms with Crippen LogP contribution in [-0.4, -0.2) is 16.1 Å². The van der Waals surface area contributed by atoms with Crippen LogP contribution in [0.3, 0.4) is 0 Å². The van der Waals surface area contributed by atoms with Gasteiger partial charge < -0.3 is 9.73 Å². The summed E-state index contributed by atoms with van der Waals surface area (Å²) in [6, 6.07) is 3.45. The van der Waals surface area contributed by atoms with E-state index >= 15 is 0 Å². The van der Waals surface area contributed by atoms with Crippen molar-refractivity contribution >= 4 is 11.7 Å². The number of aryl methyl sites for hydroxylation is 2. The summed E-state index contributed by atoms with van der Waals surface area (Å²) in [5, 5.41) is 9.51. The molecule has 0 aliphatic rings. The third-order valence-electron chi connectivity index (χ3n) is 2.36. The molecule has 0 aliphatic carbocycles. The predicted molar refractivity (Wildman–Crippen MR) is 59.4 cm³/mol. The zero-order valence-electron chi connectivity index (χ0n) is 9.20. The van der Waals surface area contributed by atoms with E-state index in [9.17, 15) is 4.79 Å². The van der Waals surface area contributed by atoms with E-state index in [1.165, 1.54) is 6.26 Å². The first-order valence-corrected chi connectivity index (χ1v) is 5.10. The molecule has 0 aromatic carbocycles. The minimum absolute atomic E-state index is 0.208. The van der Waals surface area contributed by atoms with Gasteiger partial charge in [0.15, 0.2) is 5.82 Å². The molecule has 84 valence electrons. The van der Waals surface area contributed by atoms with Crippen molar-refractivity contribution in [3.05, 3.63) is 35.4 Å².